The van der Waals surface area contributed by atoms with E-state index in [0.717, 1.165) is 12.2 Å². The summed E-state index contributed by atoms with van der Waals surface area (Å²) in [6.07, 6.45) is -0.0941. The Labute approximate surface area is 126 Å². The maximum Gasteiger partial charge on any atom is 0.143 e. The van der Waals surface area contributed by atoms with Crippen LogP contribution in [0.3, 0.4) is 0 Å². The van der Waals surface area contributed by atoms with Gasteiger partial charge in [-0.25, -0.2) is 0 Å². The quantitative estimate of drug-likeness (QED) is 0.901. The highest BCUT2D eigenvalue weighted by molar-refractivity contribution is 9.10. The zero-order valence-electron chi connectivity index (χ0n) is 11.6. The molecule has 2 aromatic rings. The highest BCUT2D eigenvalue weighted by Crippen LogP contribution is 2.41. The summed E-state index contributed by atoms with van der Waals surface area (Å²) in [5.41, 5.74) is 0.622. The van der Waals surface area contributed by atoms with E-state index >= 15 is 0 Å². The van der Waals surface area contributed by atoms with Gasteiger partial charge in [0.25, 0.3) is 0 Å². The van der Waals surface area contributed by atoms with Crippen LogP contribution in [0, 0.1) is 0 Å². The van der Waals surface area contributed by atoms with E-state index in [1.165, 1.54) is 0 Å². The molecule has 1 aromatic carbocycles. The zero-order chi connectivity index (χ0) is 14.7. The Kier molecular flexibility index (Phi) is 4.73. The zero-order valence-corrected chi connectivity index (χ0v) is 13.2. The van der Waals surface area contributed by atoms with E-state index < -0.39 is 6.10 Å². The van der Waals surface area contributed by atoms with Gasteiger partial charge in [-0.05, 0) is 40.2 Å². The Morgan fingerprint density at radius 3 is 2.50 bits per heavy atom. The molecule has 1 heterocycles. The van der Waals surface area contributed by atoms with Crippen LogP contribution in [0.4, 0.5) is 0 Å². The highest BCUT2D eigenvalue weighted by atomic mass is 79.9. The lowest BCUT2D eigenvalue weighted by Gasteiger charge is -2.16. The Bertz CT molecular complexity index is 592. The number of hydrogen-bond donors (Lipinski definition) is 1. The first-order chi connectivity index (χ1) is 9.62. The predicted octanol–water partition coefficient (Wildman–Crippen LogP) is 3.70. The second-order valence-corrected chi connectivity index (χ2v) is 5.06. The van der Waals surface area contributed by atoms with Gasteiger partial charge in [0.05, 0.1) is 14.2 Å². The molecule has 0 saturated carbocycles. The third-order valence-electron chi connectivity index (χ3n) is 3.11. The molecule has 1 atom stereocenters. The van der Waals surface area contributed by atoms with Crippen molar-refractivity contribution in [2.75, 3.05) is 14.2 Å². The predicted molar refractivity (Wildman–Crippen MR) is 79.4 cm³/mol. The minimum Gasteiger partial charge on any atom is -0.495 e. The molecule has 0 spiro atoms. The fraction of sp³-hybridized carbons (Fsp3) is 0.333. The van der Waals surface area contributed by atoms with Gasteiger partial charge in [0, 0.05) is 12.0 Å². The summed E-state index contributed by atoms with van der Waals surface area (Å²) in [5, 5.41) is 10.5. The SMILES string of the molecule is CCc1ccc(C(O)c2ccc(OC)c(Br)c2OC)o1. The van der Waals surface area contributed by atoms with E-state index in [1.54, 1.807) is 32.4 Å². The average molecular weight is 341 g/mol. The third-order valence-corrected chi connectivity index (χ3v) is 3.86. The first-order valence-corrected chi connectivity index (χ1v) is 7.08. The van der Waals surface area contributed by atoms with Gasteiger partial charge in [0.2, 0.25) is 0 Å². The standard InChI is InChI=1S/C15H17BrO4/c1-4-9-5-7-12(20-9)14(17)10-6-8-11(18-2)13(16)15(10)19-3/h5-8,14,17H,4H2,1-3H3. The number of furan rings is 1. The second kappa shape index (κ2) is 6.33. The molecule has 0 aliphatic heterocycles. The molecule has 0 aliphatic rings. The Balaban J connectivity index is 2.43. The van der Waals surface area contributed by atoms with Crippen LogP contribution in [0.25, 0.3) is 0 Å². The van der Waals surface area contributed by atoms with Gasteiger partial charge in [-0.1, -0.05) is 6.92 Å². The summed E-state index contributed by atoms with van der Waals surface area (Å²) in [4.78, 5) is 0. The molecule has 1 aromatic heterocycles. The summed E-state index contributed by atoms with van der Waals surface area (Å²) >= 11 is 3.42. The molecule has 0 saturated heterocycles. The number of methoxy groups -OCH3 is 2. The van der Waals surface area contributed by atoms with Crippen LogP contribution in [0.2, 0.25) is 0 Å². The van der Waals surface area contributed by atoms with Crippen LogP contribution >= 0.6 is 15.9 Å². The van der Waals surface area contributed by atoms with Crippen molar-refractivity contribution in [1.29, 1.82) is 0 Å². The first-order valence-electron chi connectivity index (χ1n) is 6.29. The van der Waals surface area contributed by atoms with Crippen LogP contribution in [0.1, 0.15) is 30.1 Å². The van der Waals surface area contributed by atoms with Crippen molar-refractivity contribution in [3.05, 3.63) is 45.8 Å². The summed E-state index contributed by atoms with van der Waals surface area (Å²) in [5.74, 6) is 2.51. The molecule has 108 valence electrons. The molecular weight excluding hydrogens is 324 g/mol. The summed E-state index contributed by atoms with van der Waals surface area (Å²) in [7, 11) is 3.13. The fourth-order valence-electron chi connectivity index (χ4n) is 2.02. The monoisotopic (exact) mass is 340 g/mol. The lowest BCUT2D eigenvalue weighted by Crippen LogP contribution is -2.03. The number of halogens is 1. The maximum atomic E-state index is 10.5. The van der Waals surface area contributed by atoms with E-state index in [4.69, 9.17) is 13.9 Å². The second-order valence-electron chi connectivity index (χ2n) is 4.26. The van der Waals surface area contributed by atoms with Gasteiger partial charge in [0.1, 0.15) is 33.6 Å². The van der Waals surface area contributed by atoms with E-state index in [0.29, 0.717) is 27.3 Å². The average Bonchev–Trinajstić information content (AvgIpc) is 2.95. The van der Waals surface area contributed by atoms with E-state index in [9.17, 15) is 5.11 Å². The van der Waals surface area contributed by atoms with Crippen molar-refractivity contribution in [2.45, 2.75) is 19.4 Å². The van der Waals surface area contributed by atoms with Crippen molar-refractivity contribution in [1.82, 2.24) is 0 Å². The van der Waals surface area contributed by atoms with Crippen LogP contribution in [-0.4, -0.2) is 19.3 Å². The van der Waals surface area contributed by atoms with Crippen molar-refractivity contribution >= 4 is 15.9 Å². The van der Waals surface area contributed by atoms with E-state index in [1.807, 2.05) is 13.0 Å². The van der Waals surface area contributed by atoms with Crippen molar-refractivity contribution < 1.29 is 19.0 Å². The Hall–Kier alpha value is -1.46. The van der Waals surface area contributed by atoms with Gasteiger partial charge >= 0.3 is 0 Å². The summed E-state index contributed by atoms with van der Waals surface area (Å²) in [6.45, 7) is 2.00. The molecule has 4 nitrogen and oxygen atoms in total. The largest absolute Gasteiger partial charge is 0.495 e. The van der Waals surface area contributed by atoms with E-state index in [-0.39, 0.29) is 0 Å². The smallest absolute Gasteiger partial charge is 0.143 e. The van der Waals surface area contributed by atoms with Gasteiger partial charge in [0.15, 0.2) is 0 Å². The minimum absolute atomic E-state index is 0.497. The summed E-state index contributed by atoms with van der Waals surface area (Å²) < 4.78 is 16.8. The topological polar surface area (TPSA) is 51.8 Å². The molecule has 1 N–H and O–H groups in total. The molecule has 0 aliphatic carbocycles. The van der Waals surface area contributed by atoms with Crippen molar-refractivity contribution in [2.24, 2.45) is 0 Å². The molecule has 1 unspecified atom stereocenters. The molecule has 20 heavy (non-hydrogen) atoms. The third kappa shape index (κ3) is 2.69. The number of ether oxygens (including phenoxy) is 2. The number of benzene rings is 1. The molecule has 0 amide bonds. The maximum absolute atomic E-state index is 10.5. The number of hydrogen-bond acceptors (Lipinski definition) is 4. The number of aliphatic hydroxyl groups excluding tert-OH is 1. The van der Waals surface area contributed by atoms with E-state index in [2.05, 4.69) is 15.9 Å². The van der Waals surface area contributed by atoms with Gasteiger partial charge in [-0.15, -0.1) is 0 Å². The Morgan fingerprint density at radius 1 is 1.20 bits per heavy atom. The van der Waals surface area contributed by atoms with Crippen LogP contribution in [0.15, 0.2) is 33.2 Å². The van der Waals surface area contributed by atoms with Crippen molar-refractivity contribution in [3.8, 4) is 11.5 Å². The Morgan fingerprint density at radius 2 is 1.95 bits per heavy atom. The van der Waals surface area contributed by atoms with Crippen molar-refractivity contribution in [3.63, 3.8) is 0 Å². The fourth-order valence-corrected chi connectivity index (χ4v) is 2.70. The molecule has 0 radical (unpaired) electrons. The lowest BCUT2D eigenvalue weighted by atomic mass is 10.1. The molecule has 0 fully saturated rings. The van der Waals surface area contributed by atoms with Gasteiger partial charge < -0.3 is 19.0 Å². The molecule has 2 rings (SSSR count). The normalized spacial score (nSPS) is 12.2. The van der Waals surface area contributed by atoms with Crippen LogP contribution in [-0.2, 0) is 6.42 Å². The lowest BCUT2D eigenvalue weighted by molar-refractivity contribution is 0.182. The van der Waals surface area contributed by atoms with Gasteiger partial charge in [-0.2, -0.15) is 0 Å². The van der Waals surface area contributed by atoms with Crippen LogP contribution < -0.4 is 9.47 Å². The van der Waals surface area contributed by atoms with Gasteiger partial charge in [-0.3, -0.25) is 0 Å². The first kappa shape index (κ1) is 14.9. The summed E-state index contributed by atoms with van der Waals surface area (Å²) in [6, 6.07) is 7.18. The highest BCUT2D eigenvalue weighted by Gasteiger charge is 2.22. The number of rotatable bonds is 5. The molecule has 0 bridgehead atoms. The minimum atomic E-state index is -0.882. The molecular formula is C15H17BrO4. The van der Waals surface area contributed by atoms with Crippen LogP contribution in [0.5, 0.6) is 11.5 Å². The molecule has 5 heteroatoms. The number of aliphatic hydroxyl groups is 1. The number of aryl methyl sites for hydroxylation is 1.